The summed E-state index contributed by atoms with van der Waals surface area (Å²) in [5.41, 5.74) is 6.95. The molecule has 0 aliphatic carbocycles. The van der Waals surface area contributed by atoms with E-state index in [1.54, 1.807) is 6.07 Å². The van der Waals surface area contributed by atoms with Crippen LogP contribution in [0.2, 0.25) is 0 Å². The fourth-order valence-electron chi connectivity index (χ4n) is 2.67. The summed E-state index contributed by atoms with van der Waals surface area (Å²) in [4.78, 5) is 12.7. The highest BCUT2D eigenvalue weighted by molar-refractivity contribution is 5.66. The van der Waals surface area contributed by atoms with Crippen LogP contribution < -0.4 is 5.73 Å². The summed E-state index contributed by atoms with van der Waals surface area (Å²) >= 11 is 0. The molecule has 4 nitrogen and oxygen atoms in total. The zero-order chi connectivity index (χ0) is 13.8. The van der Waals surface area contributed by atoms with E-state index in [-0.39, 0.29) is 24.2 Å². The normalized spacial score (nSPS) is 24.3. The van der Waals surface area contributed by atoms with Gasteiger partial charge in [-0.3, -0.25) is 4.79 Å². The summed E-state index contributed by atoms with van der Waals surface area (Å²) in [6, 6.07) is 6.58. The average molecular weight is 266 g/mol. The van der Waals surface area contributed by atoms with Crippen LogP contribution in [-0.2, 0) is 4.79 Å². The molecule has 2 rings (SSSR count). The lowest BCUT2D eigenvalue weighted by atomic mass is 9.88. The number of nitrogens with two attached hydrogens (primary N) is 1. The first-order valence-electron chi connectivity index (χ1n) is 6.50. The van der Waals surface area contributed by atoms with Gasteiger partial charge < -0.3 is 15.7 Å². The van der Waals surface area contributed by atoms with E-state index in [0.717, 1.165) is 18.5 Å². The molecule has 1 heterocycles. The van der Waals surface area contributed by atoms with Crippen molar-refractivity contribution in [3.63, 3.8) is 0 Å². The maximum Gasteiger partial charge on any atom is 0.304 e. The first-order chi connectivity index (χ1) is 9.04. The minimum absolute atomic E-state index is 0.0100. The number of carboxylic acids is 1. The fraction of sp³-hybridized carbons (Fsp3) is 0.500. The van der Waals surface area contributed by atoms with E-state index in [1.807, 2.05) is 6.07 Å². The van der Waals surface area contributed by atoms with Gasteiger partial charge in [0.2, 0.25) is 0 Å². The SMILES string of the molecule is NC1CC(c2cccc(F)c2)CN(CCC(=O)O)C1. The molecule has 1 aliphatic heterocycles. The highest BCUT2D eigenvalue weighted by atomic mass is 19.1. The van der Waals surface area contributed by atoms with Gasteiger partial charge in [-0.2, -0.15) is 0 Å². The first kappa shape index (κ1) is 14.0. The molecule has 1 aromatic rings. The van der Waals surface area contributed by atoms with Crippen LogP contribution in [0, 0.1) is 5.82 Å². The molecule has 3 N–H and O–H groups in total. The van der Waals surface area contributed by atoms with Gasteiger partial charge in [-0.05, 0) is 30.0 Å². The number of piperidine rings is 1. The second-order valence-corrected chi connectivity index (χ2v) is 5.15. The van der Waals surface area contributed by atoms with E-state index in [2.05, 4.69) is 4.90 Å². The van der Waals surface area contributed by atoms with Crippen molar-refractivity contribution < 1.29 is 14.3 Å². The molecule has 0 aromatic heterocycles. The van der Waals surface area contributed by atoms with E-state index in [1.165, 1.54) is 12.1 Å². The highest BCUT2D eigenvalue weighted by Gasteiger charge is 2.26. The molecule has 19 heavy (non-hydrogen) atoms. The number of nitrogens with zero attached hydrogens (tertiary/aromatic N) is 1. The van der Waals surface area contributed by atoms with Crippen molar-refractivity contribution in [3.05, 3.63) is 35.6 Å². The Morgan fingerprint density at radius 2 is 2.26 bits per heavy atom. The molecule has 5 heteroatoms. The Balaban J connectivity index is 2.03. The summed E-state index contributed by atoms with van der Waals surface area (Å²) in [6.07, 6.45) is 0.926. The lowest BCUT2D eigenvalue weighted by Crippen LogP contribution is -2.46. The predicted molar refractivity (Wildman–Crippen MR) is 70.4 cm³/mol. The van der Waals surface area contributed by atoms with Crippen molar-refractivity contribution in [3.8, 4) is 0 Å². The Bertz CT molecular complexity index is 453. The molecule has 0 bridgehead atoms. The van der Waals surface area contributed by atoms with E-state index >= 15 is 0 Å². The number of halogens is 1. The van der Waals surface area contributed by atoms with Gasteiger partial charge >= 0.3 is 5.97 Å². The van der Waals surface area contributed by atoms with Gasteiger partial charge in [0.25, 0.3) is 0 Å². The molecule has 1 aliphatic rings. The van der Waals surface area contributed by atoms with Crippen LogP contribution in [0.25, 0.3) is 0 Å². The van der Waals surface area contributed by atoms with Crippen molar-refractivity contribution in [1.29, 1.82) is 0 Å². The number of carboxylic acid groups (broad SMARTS) is 1. The average Bonchev–Trinajstić information content (AvgIpc) is 2.36. The molecular weight excluding hydrogens is 247 g/mol. The monoisotopic (exact) mass is 266 g/mol. The van der Waals surface area contributed by atoms with Crippen molar-refractivity contribution >= 4 is 5.97 Å². The second kappa shape index (κ2) is 6.12. The Morgan fingerprint density at radius 1 is 1.47 bits per heavy atom. The van der Waals surface area contributed by atoms with E-state index in [9.17, 15) is 9.18 Å². The smallest absolute Gasteiger partial charge is 0.304 e. The zero-order valence-corrected chi connectivity index (χ0v) is 10.8. The van der Waals surface area contributed by atoms with Crippen LogP contribution in [-0.4, -0.2) is 41.7 Å². The standard InChI is InChI=1S/C14H19FN2O2/c15-12-3-1-2-10(6-12)11-7-13(16)9-17(8-11)5-4-14(18)19/h1-3,6,11,13H,4-5,7-9,16H2,(H,18,19). The van der Waals surface area contributed by atoms with Crippen molar-refractivity contribution in [2.24, 2.45) is 5.73 Å². The van der Waals surface area contributed by atoms with Crippen LogP contribution in [0.4, 0.5) is 4.39 Å². The number of likely N-dealkylation sites (tertiary alicyclic amines) is 1. The molecule has 104 valence electrons. The molecular formula is C14H19FN2O2. The molecule has 0 spiro atoms. The van der Waals surface area contributed by atoms with Crippen LogP contribution in [0.1, 0.15) is 24.3 Å². The molecule has 0 saturated carbocycles. The number of hydrogen-bond acceptors (Lipinski definition) is 3. The largest absolute Gasteiger partial charge is 0.481 e. The summed E-state index contributed by atoms with van der Waals surface area (Å²) in [6.45, 7) is 1.94. The molecule has 2 unspecified atom stereocenters. The highest BCUT2D eigenvalue weighted by Crippen LogP contribution is 2.26. The van der Waals surface area contributed by atoms with Crippen molar-refractivity contribution in [1.82, 2.24) is 4.90 Å². The number of carbonyl (C=O) groups is 1. The van der Waals surface area contributed by atoms with Crippen LogP contribution in [0.5, 0.6) is 0 Å². The quantitative estimate of drug-likeness (QED) is 0.865. The Labute approximate surface area is 112 Å². The topological polar surface area (TPSA) is 66.6 Å². The van der Waals surface area contributed by atoms with E-state index < -0.39 is 5.97 Å². The fourth-order valence-corrected chi connectivity index (χ4v) is 2.67. The van der Waals surface area contributed by atoms with E-state index in [0.29, 0.717) is 13.1 Å². The number of benzene rings is 1. The zero-order valence-electron chi connectivity index (χ0n) is 10.8. The van der Waals surface area contributed by atoms with Gasteiger partial charge in [-0.1, -0.05) is 12.1 Å². The van der Waals surface area contributed by atoms with Crippen LogP contribution >= 0.6 is 0 Å². The van der Waals surface area contributed by atoms with Crippen molar-refractivity contribution in [2.45, 2.75) is 24.8 Å². The Hall–Kier alpha value is -1.46. The minimum Gasteiger partial charge on any atom is -0.481 e. The minimum atomic E-state index is -0.804. The van der Waals surface area contributed by atoms with Crippen LogP contribution in [0.15, 0.2) is 24.3 Å². The summed E-state index contributed by atoms with van der Waals surface area (Å²) in [5.74, 6) is -0.872. The molecule has 1 fully saturated rings. The third kappa shape index (κ3) is 4.01. The molecule has 0 amide bonds. The first-order valence-corrected chi connectivity index (χ1v) is 6.50. The Morgan fingerprint density at radius 3 is 2.95 bits per heavy atom. The maximum absolute atomic E-state index is 13.2. The summed E-state index contributed by atoms with van der Waals surface area (Å²) < 4.78 is 13.2. The van der Waals surface area contributed by atoms with Gasteiger partial charge in [-0.25, -0.2) is 4.39 Å². The number of aliphatic carboxylic acids is 1. The lowest BCUT2D eigenvalue weighted by molar-refractivity contribution is -0.137. The Kier molecular flexibility index (Phi) is 4.50. The number of hydrogen-bond donors (Lipinski definition) is 2. The molecule has 2 atom stereocenters. The van der Waals surface area contributed by atoms with Crippen LogP contribution in [0.3, 0.4) is 0 Å². The molecule has 0 radical (unpaired) electrons. The van der Waals surface area contributed by atoms with E-state index in [4.69, 9.17) is 10.8 Å². The predicted octanol–water partition coefficient (Wildman–Crippen LogP) is 1.42. The third-order valence-corrected chi connectivity index (χ3v) is 3.52. The molecule has 1 aromatic carbocycles. The lowest BCUT2D eigenvalue weighted by Gasteiger charge is -2.36. The third-order valence-electron chi connectivity index (χ3n) is 3.52. The van der Waals surface area contributed by atoms with Gasteiger partial charge in [0.15, 0.2) is 0 Å². The van der Waals surface area contributed by atoms with Gasteiger partial charge in [0.1, 0.15) is 5.82 Å². The second-order valence-electron chi connectivity index (χ2n) is 5.15. The van der Waals surface area contributed by atoms with Gasteiger partial charge in [-0.15, -0.1) is 0 Å². The molecule has 1 saturated heterocycles. The summed E-state index contributed by atoms with van der Waals surface area (Å²) in [5, 5.41) is 8.72. The number of rotatable bonds is 4. The van der Waals surface area contributed by atoms with Crippen molar-refractivity contribution in [2.75, 3.05) is 19.6 Å². The maximum atomic E-state index is 13.2. The van der Waals surface area contributed by atoms with Gasteiger partial charge in [0, 0.05) is 25.7 Å². The summed E-state index contributed by atoms with van der Waals surface area (Å²) in [7, 11) is 0. The van der Waals surface area contributed by atoms with Gasteiger partial charge in [0.05, 0.1) is 6.42 Å².